The van der Waals surface area contributed by atoms with Crippen molar-refractivity contribution < 1.29 is 19.4 Å². The van der Waals surface area contributed by atoms with E-state index in [4.69, 9.17) is 4.74 Å². The first-order valence-corrected chi connectivity index (χ1v) is 6.67. The molecule has 0 aliphatic carbocycles. The molecule has 0 bridgehead atoms. The molecule has 3 rings (SSSR count). The molecule has 0 amide bonds. The van der Waals surface area contributed by atoms with Crippen molar-refractivity contribution in [2.45, 2.75) is 0 Å². The molecular weight excluding hydrogens is 282 g/mol. The number of carbonyl (C=O) groups is 2. The smallest absolute Gasteiger partial charge is 0.352 e. The lowest BCUT2D eigenvalue weighted by molar-refractivity contribution is 0.0686. The standard InChI is InChI=1S/C17H13NO4/c1-18-13(16(19)20)10-12-8-5-9-14(15(12)18)22-17(21)11-6-3-2-4-7-11/h2-10H,1H3,(H,19,20). The highest BCUT2D eigenvalue weighted by atomic mass is 16.5. The minimum atomic E-state index is -1.03. The van der Waals surface area contributed by atoms with Crippen LogP contribution in [0.4, 0.5) is 0 Å². The van der Waals surface area contributed by atoms with Gasteiger partial charge in [-0.3, -0.25) is 0 Å². The van der Waals surface area contributed by atoms with E-state index >= 15 is 0 Å². The molecule has 0 aliphatic rings. The molecule has 22 heavy (non-hydrogen) atoms. The van der Waals surface area contributed by atoms with E-state index < -0.39 is 11.9 Å². The molecule has 5 heteroatoms. The van der Waals surface area contributed by atoms with Gasteiger partial charge in [0.25, 0.3) is 0 Å². The third-order valence-electron chi connectivity index (χ3n) is 3.45. The van der Waals surface area contributed by atoms with Crippen molar-refractivity contribution in [1.82, 2.24) is 4.57 Å². The normalized spacial score (nSPS) is 10.6. The number of hydrogen-bond acceptors (Lipinski definition) is 3. The van der Waals surface area contributed by atoms with Crippen molar-refractivity contribution in [3.8, 4) is 5.75 Å². The number of carbonyl (C=O) groups excluding carboxylic acids is 1. The zero-order chi connectivity index (χ0) is 15.7. The highest BCUT2D eigenvalue weighted by molar-refractivity contribution is 5.99. The van der Waals surface area contributed by atoms with Gasteiger partial charge in [-0.1, -0.05) is 30.3 Å². The third-order valence-corrected chi connectivity index (χ3v) is 3.45. The summed E-state index contributed by atoms with van der Waals surface area (Å²) in [6.07, 6.45) is 0. The number of aryl methyl sites for hydroxylation is 1. The average molecular weight is 295 g/mol. The van der Waals surface area contributed by atoms with Crippen LogP contribution in [0.5, 0.6) is 5.75 Å². The number of para-hydroxylation sites is 1. The van der Waals surface area contributed by atoms with Gasteiger partial charge in [-0.2, -0.15) is 0 Å². The number of nitrogens with zero attached hydrogens (tertiary/aromatic N) is 1. The molecule has 1 heterocycles. The van der Waals surface area contributed by atoms with Crippen molar-refractivity contribution >= 4 is 22.8 Å². The van der Waals surface area contributed by atoms with E-state index in [0.29, 0.717) is 22.2 Å². The molecule has 1 aromatic heterocycles. The maximum atomic E-state index is 12.2. The predicted molar refractivity (Wildman–Crippen MR) is 81.3 cm³/mol. The van der Waals surface area contributed by atoms with Crippen LogP contribution in [0.2, 0.25) is 0 Å². The minimum absolute atomic E-state index is 0.137. The van der Waals surface area contributed by atoms with Crippen LogP contribution < -0.4 is 4.74 Å². The summed E-state index contributed by atoms with van der Waals surface area (Å²) in [6.45, 7) is 0. The third kappa shape index (κ3) is 2.33. The van der Waals surface area contributed by atoms with Crippen molar-refractivity contribution in [1.29, 1.82) is 0 Å². The number of hydrogen-bond donors (Lipinski definition) is 1. The molecule has 1 N–H and O–H groups in total. The Balaban J connectivity index is 2.04. The summed E-state index contributed by atoms with van der Waals surface area (Å²) in [5.41, 5.74) is 1.15. The average Bonchev–Trinajstić information content (AvgIpc) is 2.86. The second-order valence-electron chi connectivity index (χ2n) is 4.84. The topological polar surface area (TPSA) is 68.5 Å². The highest BCUT2D eigenvalue weighted by Crippen LogP contribution is 2.28. The summed E-state index contributed by atoms with van der Waals surface area (Å²) in [4.78, 5) is 23.4. The SMILES string of the molecule is Cn1c(C(=O)O)cc2cccc(OC(=O)c3ccccc3)c21. The van der Waals surface area contributed by atoms with Gasteiger partial charge in [0.2, 0.25) is 0 Å². The zero-order valence-corrected chi connectivity index (χ0v) is 11.8. The second kappa shape index (κ2) is 5.37. The minimum Gasteiger partial charge on any atom is -0.477 e. The molecule has 0 radical (unpaired) electrons. The van der Waals surface area contributed by atoms with E-state index in [1.165, 1.54) is 4.57 Å². The molecule has 0 saturated carbocycles. The Hall–Kier alpha value is -3.08. The van der Waals surface area contributed by atoms with Gasteiger partial charge < -0.3 is 14.4 Å². The van der Waals surface area contributed by atoms with Gasteiger partial charge >= 0.3 is 11.9 Å². The van der Waals surface area contributed by atoms with Gasteiger partial charge in [-0.25, -0.2) is 9.59 Å². The largest absolute Gasteiger partial charge is 0.477 e. The van der Waals surface area contributed by atoms with E-state index in [-0.39, 0.29) is 5.69 Å². The monoisotopic (exact) mass is 295 g/mol. The predicted octanol–water partition coefficient (Wildman–Crippen LogP) is 3.10. The quantitative estimate of drug-likeness (QED) is 0.595. The molecule has 5 nitrogen and oxygen atoms in total. The van der Waals surface area contributed by atoms with Crippen molar-refractivity contribution in [3.63, 3.8) is 0 Å². The summed E-state index contributed by atoms with van der Waals surface area (Å²) < 4.78 is 6.94. The van der Waals surface area contributed by atoms with Gasteiger partial charge in [0.15, 0.2) is 5.75 Å². The van der Waals surface area contributed by atoms with E-state index in [9.17, 15) is 14.7 Å². The van der Waals surface area contributed by atoms with E-state index in [1.807, 2.05) is 6.07 Å². The number of rotatable bonds is 3. The summed E-state index contributed by atoms with van der Waals surface area (Å²) in [5.74, 6) is -1.17. The van der Waals surface area contributed by atoms with Crippen LogP contribution in [-0.4, -0.2) is 21.6 Å². The molecule has 0 unspecified atom stereocenters. The molecule has 0 atom stereocenters. The summed E-state index contributed by atoms with van der Waals surface area (Å²) >= 11 is 0. The Morgan fingerprint density at radius 1 is 1.05 bits per heavy atom. The zero-order valence-electron chi connectivity index (χ0n) is 11.8. The highest BCUT2D eigenvalue weighted by Gasteiger charge is 2.17. The lowest BCUT2D eigenvalue weighted by Crippen LogP contribution is -2.10. The van der Waals surface area contributed by atoms with E-state index in [2.05, 4.69) is 0 Å². The summed E-state index contributed by atoms with van der Waals surface area (Å²) in [6, 6.07) is 15.3. The van der Waals surface area contributed by atoms with E-state index in [1.54, 1.807) is 55.6 Å². The van der Waals surface area contributed by atoms with Crippen LogP contribution in [0.15, 0.2) is 54.6 Å². The molecule has 0 spiro atoms. The Morgan fingerprint density at radius 2 is 1.77 bits per heavy atom. The van der Waals surface area contributed by atoms with Gasteiger partial charge in [0.05, 0.1) is 11.1 Å². The Bertz CT molecular complexity index is 865. The first-order chi connectivity index (χ1) is 10.6. The Labute approximate surface area is 126 Å². The Morgan fingerprint density at radius 3 is 2.45 bits per heavy atom. The number of fused-ring (bicyclic) bond motifs is 1. The van der Waals surface area contributed by atoms with Crippen LogP contribution >= 0.6 is 0 Å². The molecule has 0 aliphatic heterocycles. The number of aromatic carboxylic acids is 1. The maximum absolute atomic E-state index is 12.2. The number of carboxylic acids is 1. The van der Waals surface area contributed by atoms with Gasteiger partial charge in [-0.05, 0) is 24.3 Å². The molecule has 3 aromatic rings. The second-order valence-corrected chi connectivity index (χ2v) is 4.84. The lowest BCUT2D eigenvalue weighted by Gasteiger charge is -2.08. The first kappa shape index (κ1) is 13.9. The maximum Gasteiger partial charge on any atom is 0.352 e. The van der Waals surface area contributed by atoms with Crippen LogP contribution in [0.25, 0.3) is 10.9 Å². The van der Waals surface area contributed by atoms with Gasteiger partial charge in [-0.15, -0.1) is 0 Å². The number of benzene rings is 2. The molecule has 0 fully saturated rings. The summed E-state index contributed by atoms with van der Waals surface area (Å²) in [5, 5.41) is 9.90. The lowest BCUT2D eigenvalue weighted by atomic mass is 10.2. The first-order valence-electron chi connectivity index (χ1n) is 6.67. The van der Waals surface area contributed by atoms with Crippen LogP contribution in [0.3, 0.4) is 0 Å². The van der Waals surface area contributed by atoms with Crippen LogP contribution in [0, 0.1) is 0 Å². The molecule has 110 valence electrons. The van der Waals surface area contributed by atoms with Crippen molar-refractivity contribution in [2.75, 3.05) is 0 Å². The summed E-state index contributed by atoms with van der Waals surface area (Å²) in [7, 11) is 1.63. The van der Waals surface area contributed by atoms with Crippen LogP contribution in [0.1, 0.15) is 20.8 Å². The van der Waals surface area contributed by atoms with Crippen LogP contribution in [-0.2, 0) is 7.05 Å². The van der Waals surface area contributed by atoms with Gasteiger partial charge in [0.1, 0.15) is 5.69 Å². The fourth-order valence-electron chi connectivity index (χ4n) is 2.40. The Kier molecular flexibility index (Phi) is 3.39. The van der Waals surface area contributed by atoms with E-state index in [0.717, 1.165) is 0 Å². The fourth-order valence-corrected chi connectivity index (χ4v) is 2.40. The fraction of sp³-hybridized carbons (Fsp3) is 0.0588. The van der Waals surface area contributed by atoms with Crippen molar-refractivity contribution in [3.05, 3.63) is 65.9 Å². The molecule has 2 aromatic carbocycles. The number of ether oxygens (including phenoxy) is 1. The molecule has 0 saturated heterocycles. The number of carboxylic acid groups (broad SMARTS) is 1. The van der Waals surface area contributed by atoms with Gasteiger partial charge in [0, 0.05) is 12.4 Å². The number of esters is 1. The number of aromatic nitrogens is 1. The molecular formula is C17H13NO4. The van der Waals surface area contributed by atoms with Crippen molar-refractivity contribution in [2.24, 2.45) is 7.05 Å².